The van der Waals surface area contributed by atoms with Gasteiger partial charge in [-0.15, -0.1) is 0 Å². The molecule has 2 N–H and O–H groups in total. The average molecular weight is 337 g/mol. The summed E-state index contributed by atoms with van der Waals surface area (Å²) in [5, 5.41) is 10.6. The number of carbonyl (C=O) groups is 2. The van der Waals surface area contributed by atoms with E-state index in [9.17, 15) is 19.7 Å². The number of carbonyl (C=O) groups excluding carboxylic acids is 2. The second kappa shape index (κ2) is 6.71. The van der Waals surface area contributed by atoms with E-state index >= 15 is 0 Å². The lowest BCUT2D eigenvalue weighted by Gasteiger charge is -2.07. The fourth-order valence-electron chi connectivity index (χ4n) is 2.05. The first-order chi connectivity index (χ1) is 12.0. The molecule has 0 radical (unpaired) electrons. The van der Waals surface area contributed by atoms with Crippen molar-refractivity contribution >= 4 is 28.5 Å². The third kappa shape index (κ3) is 3.55. The number of non-ortho nitro benzene ring substituents is 1. The van der Waals surface area contributed by atoms with Crippen molar-refractivity contribution in [1.29, 1.82) is 0 Å². The van der Waals surface area contributed by atoms with Crippen molar-refractivity contribution < 1.29 is 14.5 Å². The smallest absolute Gasteiger partial charge is 0.267 e. The fourth-order valence-corrected chi connectivity index (χ4v) is 2.05. The van der Waals surface area contributed by atoms with Crippen LogP contribution in [0, 0.1) is 10.1 Å². The maximum atomic E-state index is 12.0. The van der Waals surface area contributed by atoms with Gasteiger partial charge in [-0.1, -0.05) is 12.1 Å². The van der Waals surface area contributed by atoms with E-state index in [-0.39, 0.29) is 16.9 Å². The second-order valence-corrected chi connectivity index (χ2v) is 4.96. The number of fused-ring (bicyclic) bond motifs is 1. The van der Waals surface area contributed by atoms with Crippen molar-refractivity contribution in [2.24, 2.45) is 0 Å². The summed E-state index contributed by atoms with van der Waals surface area (Å²) in [6, 6.07) is 12.0. The molecule has 0 unspecified atom stereocenters. The van der Waals surface area contributed by atoms with Crippen LogP contribution in [0.3, 0.4) is 0 Å². The van der Waals surface area contributed by atoms with Gasteiger partial charge in [0.2, 0.25) is 0 Å². The standard InChI is InChI=1S/C16H11N5O4/c22-15(10-5-7-11(8-6-10)21(24)25)19-20-16(23)14-9-17-12-3-1-2-4-13(12)18-14/h1-9H,(H,19,22)(H,20,23). The highest BCUT2D eigenvalue weighted by Crippen LogP contribution is 2.11. The fraction of sp³-hybridized carbons (Fsp3) is 0. The van der Waals surface area contributed by atoms with Gasteiger partial charge in [0.1, 0.15) is 5.69 Å². The van der Waals surface area contributed by atoms with Crippen molar-refractivity contribution in [2.75, 3.05) is 0 Å². The number of hydrazine groups is 1. The lowest BCUT2D eigenvalue weighted by Crippen LogP contribution is -2.42. The molecule has 3 rings (SSSR count). The minimum absolute atomic E-state index is 0.0442. The molecule has 2 aromatic carbocycles. The predicted octanol–water partition coefficient (Wildman–Crippen LogP) is 1.61. The highest BCUT2D eigenvalue weighted by Gasteiger charge is 2.12. The van der Waals surface area contributed by atoms with E-state index in [4.69, 9.17) is 0 Å². The third-order valence-electron chi connectivity index (χ3n) is 3.31. The van der Waals surface area contributed by atoms with E-state index in [0.717, 1.165) is 0 Å². The van der Waals surface area contributed by atoms with Crippen LogP contribution in [0.2, 0.25) is 0 Å². The van der Waals surface area contributed by atoms with Crippen molar-refractivity contribution in [1.82, 2.24) is 20.8 Å². The molecule has 0 saturated carbocycles. The van der Waals surface area contributed by atoms with Crippen LogP contribution in [0.5, 0.6) is 0 Å². The lowest BCUT2D eigenvalue weighted by atomic mass is 10.2. The van der Waals surface area contributed by atoms with Crippen LogP contribution < -0.4 is 10.9 Å². The molecule has 9 nitrogen and oxygen atoms in total. The molecule has 0 spiro atoms. The number of benzene rings is 2. The summed E-state index contributed by atoms with van der Waals surface area (Å²) in [5.74, 6) is -1.24. The molecule has 0 atom stereocenters. The monoisotopic (exact) mass is 337 g/mol. The normalized spacial score (nSPS) is 10.2. The minimum atomic E-state index is -0.631. The maximum absolute atomic E-state index is 12.0. The first-order valence-corrected chi connectivity index (χ1v) is 7.11. The predicted molar refractivity (Wildman–Crippen MR) is 87.6 cm³/mol. The van der Waals surface area contributed by atoms with Crippen LogP contribution in [0.4, 0.5) is 5.69 Å². The van der Waals surface area contributed by atoms with E-state index < -0.39 is 16.7 Å². The Hall–Kier alpha value is -3.88. The Morgan fingerprint density at radius 3 is 2.24 bits per heavy atom. The first kappa shape index (κ1) is 16.0. The summed E-state index contributed by atoms with van der Waals surface area (Å²) >= 11 is 0. The number of para-hydroxylation sites is 2. The Labute approximate surface area is 140 Å². The lowest BCUT2D eigenvalue weighted by molar-refractivity contribution is -0.384. The Bertz CT molecular complexity index is 972. The van der Waals surface area contributed by atoms with Crippen LogP contribution in [0.25, 0.3) is 11.0 Å². The molecule has 1 aromatic heterocycles. The zero-order chi connectivity index (χ0) is 17.8. The number of amides is 2. The quantitative estimate of drug-likeness (QED) is 0.552. The van der Waals surface area contributed by atoms with Gasteiger partial charge >= 0.3 is 0 Å². The van der Waals surface area contributed by atoms with Gasteiger partial charge in [0.25, 0.3) is 17.5 Å². The topological polar surface area (TPSA) is 127 Å². The largest absolute Gasteiger partial charge is 0.289 e. The minimum Gasteiger partial charge on any atom is -0.267 e. The van der Waals surface area contributed by atoms with Crippen LogP contribution in [0.15, 0.2) is 54.7 Å². The van der Waals surface area contributed by atoms with Gasteiger partial charge in [-0.2, -0.15) is 0 Å². The molecule has 0 aliphatic rings. The molecular formula is C16H11N5O4. The molecule has 0 bridgehead atoms. The zero-order valence-corrected chi connectivity index (χ0v) is 12.7. The van der Waals surface area contributed by atoms with Crippen molar-refractivity contribution in [3.63, 3.8) is 0 Å². The molecule has 9 heteroatoms. The van der Waals surface area contributed by atoms with Gasteiger partial charge in [-0.05, 0) is 24.3 Å². The maximum Gasteiger partial charge on any atom is 0.289 e. The summed E-state index contributed by atoms with van der Waals surface area (Å²) in [5.41, 5.74) is 5.72. The number of nitrogens with zero attached hydrogens (tertiary/aromatic N) is 3. The van der Waals surface area contributed by atoms with E-state index in [1.54, 1.807) is 24.3 Å². The number of hydrogen-bond acceptors (Lipinski definition) is 6. The molecule has 124 valence electrons. The number of nitro groups is 1. The van der Waals surface area contributed by atoms with Gasteiger partial charge in [0.15, 0.2) is 0 Å². The van der Waals surface area contributed by atoms with Gasteiger partial charge in [0, 0.05) is 17.7 Å². The van der Waals surface area contributed by atoms with Gasteiger partial charge in [0.05, 0.1) is 22.2 Å². The number of aromatic nitrogens is 2. The van der Waals surface area contributed by atoms with Gasteiger partial charge < -0.3 is 0 Å². The van der Waals surface area contributed by atoms with Crippen LogP contribution in [-0.2, 0) is 0 Å². The molecule has 2 amide bonds. The van der Waals surface area contributed by atoms with Gasteiger partial charge in [-0.25, -0.2) is 4.98 Å². The summed E-state index contributed by atoms with van der Waals surface area (Å²) in [4.78, 5) is 42.3. The first-order valence-electron chi connectivity index (χ1n) is 7.11. The third-order valence-corrected chi connectivity index (χ3v) is 3.31. The van der Waals surface area contributed by atoms with Crippen molar-refractivity contribution in [2.45, 2.75) is 0 Å². The molecule has 0 aliphatic heterocycles. The Morgan fingerprint density at radius 1 is 0.920 bits per heavy atom. The molecule has 25 heavy (non-hydrogen) atoms. The second-order valence-electron chi connectivity index (χ2n) is 4.96. The summed E-state index contributed by atoms with van der Waals surface area (Å²) in [6.07, 6.45) is 1.30. The SMILES string of the molecule is O=C(NNC(=O)c1cnc2ccccc2n1)c1ccc([N+](=O)[O-])cc1. The summed E-state index contributed by atoms with van der Waals surface area (Å²) in [7, 11) is 0. The molecule has 0 saturated heterocycles. The summed E-state index contributed by atoms with van der Waals surface area (Å²) < 4.78 is 0. The summed E-state index contributed by atoms with van der Waals surface area (Å²) in [6.45, 7) is 0. The average Bonchev–Trinajstić information content (AvgIpc) is 2.65. The van der Waals surface area contributed by atoms with E-state index in [1.807, 2.05) is 0 Å². The number of nitro benzene ring substituents is 1. The van der Waals surface area contributed by atoms with Crippen molar-refractivity contribution in [3.05, 3.63) is 76.1 Å². The zero-order valence-electron chi connectivity index (χ0n) is 12.7. The van der Waals surface area contributed by atoms with Gasteiger partial charge in [-0.3, -0.25) is 35.5 Å². The van der Waals surface area contributed by atoms with Crippen LogP contribution >= 0.6 is 0 Å². The van der Waals surface area contributed by atoms with E-state index in [1.165, 1.54) is 30.5 Å². The Kier molecular flexibility index (Phi) is 4.29. The van der Waals surface area contributed by atoms with Crippen LogP contribution in [-0.4, -0.2) is 26.7 Å². The Morgan fingerprint density at radius 2 is 1.56 bits per heavy atom. The molecule has 1 heterocycles. The molecule has 3 aromatic rings. The Balaban J connectivity index is 1.66. The van der Waals surface area contributed by atoms with Crippen LogP contribution in [0.1, 0.15) is 20.8 Å². The molecular weight excluding hydrogens is 326 g/mol. The number of rotatable bonds is 3. The number of hydrogen-bond donors (Lipinski definition) is 2. The molecule has 0 fully saturated rings. The van der Waals surface area contributed by atoms with Crippen molar-refractivity contribution in [3.8, 4) is 0 Å². The van der Waals surface area contributed by atoms with E-state index in [0.29, 0.717) is 11.0 Å². The molecule has 0 aliphatic carbocycles. The number of nitrogens with one attached hydrogen (secondary N) is 2. The highest BCUT2D eigenvalue weighted by molar-refractivity contribution is 5.98. The highest BCUT2D eigenvalue weighted by atomic mass is 16.6. The van der Waals surface area contributed by atoms with E-state index in [2.05, 4.69) is 20.8 Å².